The van der Waals surface area contributed by atoms with Crippen LogP contribution in [0.5, 0.6) is 5.75 Å². The Morgan fingerprint density at radius 2 is 1.85 bits per heavy atom. The van der Waals surface area contributed by atoms with E-state index in [0.717, 1.165) is 45.7 Å². The highest BCUT2D eigenvalue weighted by atomic mass is 16.5. The van der Waals surface area contributed by atoms with Crippen molar-refractivity contribution in [1.82, 2.24) is 14.9 Å². The molecule has 0 atom stereocenters. The molecule has 0 unspecified atom stereocenters. The molecule has 1 fully saturated rings. The maximum atomic E-state index is 13.2. The Balaban J connectivity index is 1.24. The number of hydrogen-bond donors (Lipinski definition) is 2. The second kappa shape index (κ2) is 9.47. The molecule has 1 aliphatic heterocycles. The number of hydrogen-bond acceptors (Lipinski definition) is 5. The van der Waals surface area contributed by atoms with Gasteiger partial charge < -0.3 is 25.3 Å². The lowest BCUT2D eigenvalue weighted by Gasteiger charge is -2.35. The third kappa shape index (κ3) is 4.41. The number of aromatic nitrogens is 2. The largest absolute Gasteiger partial charge is 0.489 e. The van der Waals surface area contributed by atoms with Gasteiger partial charge in [0.1, 0.15) is 18.1 Å². The number of anilines is 2. The van der Waals surface area contributed by atoms with Crippen LogP contribution in [0.25, 0.3) is 10.9 Å². The minimum Gasteiger partial charge on any atom is -0.489 e. The van der Waals surface area contributed by atoms with Crippen LogP contribution in [-0.4, -0.2) is 47.0 Å². The van der Waals surface area contributed by atoms with Gasteiger partial charge in [-0.05, 0) is 47.9 Å². The van der Waals surface area contributed by atoms with Crippen molar-refractivity contribution in [3.8, 4) is 5.75 Å². The molecule has 2 aromatic carbocycles. The normalized spacial score (nSPS) is 13.9. The predicted octanol–water partition coefficient (Wildman–Crippen LogP) is 4.25. The molecule has 0 spiro atoms. The zero-order valence-electron chi connectivity index (χ0n) is 19.3. The van der Waals surface area contributed by atoms with Gasteiger partial charge in [0.05, 0.1) is 5.69 Å². The third-order valence-corrected chi connectivity index (χ3v) is 6.38. The number of nitrogens with zero attached hydrogens (tertiary/aromatic N) is 3. The van der Waals surface area contributed by atoms with Gasteiger partial charge in [0.15, 0.2) is 5.82 Å². The number of ether oxygens (including phenoxy) is 1. The van der Waals surface area contributed by atoms with E-state index in [-0.39, 0.29) is 5.91 Å². The smallest absolute Gasteiger partial charge is 0.270 e. The number of aromatic amines is 1. The summed E-state index contributed by atoms with van der Waals surface area (Å²) in [5, 5.41) is 0.959. The average molecular weight is 456 g/mol. The van der Waals surface area contributed by atoms with Crippen molar-refractivity contribution in [2.75, 3.05) is 36.8 Å². The fourth-order valence-electron chi connectivity index (χ4n) is 4.41. The highest BCUT2D eigenvalue weighted by molar-refractivity contribution is 5.98. The average Bonchev–Trinajstić information content (AvgIpc) is 3.31. The van der Waals surface area contributed by atoms with Gasteiger partial charge in [0, 0.05) is 43.3 Å². The Labute approximate surface area is 199 Å². The Morgan fingerprint density at radius 1 is 1.06 bits per heavy atom. The van der Waals surface area contributed by atoms with Crippen LogP contribution in [-0.2, 0) is 13.0 Å². The number of aryl methyl sites for hydroxylation is 1. The summed E-state index contributed by atoms with van der Waals surface area (Å²) in [6.07, 6.45) is 2.68. The summed E-state index contributed by atoms with van der Waals surface area (Å²) >= 11 is 0. The topological polar surface area (TPSA) is 87.5 Å². The van der Waals surface area contributed by atoms with Crippen LogP contribution >= 0.6 is 0 Å². The number of rotatable bonds is 6. The van der Waals surface area contributed by atoms with E-state index in [1.54, 1.807) is 0 Å². The van der Waals surface area contributed by atoms with Crippen LogP contribution in [0.1, 0.15) is 28.5 Å². The lowest BCUT2D eigenvalue weighted by Crippen LogP contribution is -2.49. The summed E-state index contributed by atoms with van der Waals surface area (Å²) in [6, 6.07) is 19.8. The van der Waals surface area contributed by atoms with E-state index < -0.39 is 0 Å². The summed E-state index contributed by atoms with van der Waals surface area (Å²) in [7, 11) is 0. The molecule has 1 amide bonds. The number of nitrogens with one attached hydrogen (secondary N) is 1. The summed E-state index contributed by atoms with van der Waals surface area (Å²) in [5.41, 5.74) is 10.8. The van der Waals surface area contributed by atoms with Crippen LogP contribution in [0.15, 0.2) is 66.9 Å². The van der Waals surface area contributed by atoms with Crippen molar-refractivity contribution in [2.45, 2.75) is 20.0 Å². The van der Waals surface area contributed by atoms with Gasteiger partial charge in [-0.2, -0.15) is 0 Å². The first-order valence-corrected chi connectivity index (χ1v) is 11.7. The first-order valence-electron chi connectivity index (χ1n) is 11.7. The van der Waals surface area contributed by atoms with Crippen molar-refractivity contribution in [3.05, 3.63) is 83.7 Å². The van der Waals surface area contributed by atoms with Crippen LogP contribution in [0.4, 0.5) is 11.5 Å². The molecule has 1 aliphatic rings. The zero-order valence-corrected chi connectivity index (χ0v) is 19.3. The maximum Gasteiger partial charge on any atom is 0.270 e. The molecule has 0 saturated carbocycles. The van der Waals surface area contributed by atoms with Gasteiger partial charge in [-0.25, -0.2) is 4.98 Å². The van der Waals surface area contributed by atoms with Crippen molar-refractivity contribution >= 4 is 28.3 Å². The minimum absolute atomic E-state index is 0.00541. The van der Waals surface area contributed by atoms with E-state index in [9.17, 15) is 4.79 Å². The molecule has 7 nitrogen and oxygen atoms in total. The molecule has 3 heterocycles. The number of H-pyrrole nitrogens is 1. The number of carbonyl (C=O) groups is 1. The van der Waals surface area contributed by atoms with Crippen molar-refractivity contribution in [2.24, 2.45) is 0 Å². The fraction of sp³-hybridized carbons (Fsp3) is 0.259. The van der Waals surface area contributed by atoms with Crippen LogP contribution in [0.3, 0.4) is 0 Å². The van der Waals surface area contributed by atoms with Crippen molar-refractivity contribution < 1.29 is 9.53 Å². The molecule has 0 aliphatic carbocycles. The standard InChI is InChI=1S/C27H29N5O2/c1-2-20-10-11-29-26(25(20)28)31-12-14-32(15-13-31)27(33)24-17-21-16-22(8-9-23(21)30-24)34-18-19-6-4-3-5-7-19/h3-11,16-17,30H,2,12-15,18,28H2,1H3. The number of fused-ring (bicyclic) bond motifs is 1. The molecule has 1 saturated heterocycles. The van der Waals surface area contributed by atoms with Gasteiger partial charge in [-0.1, -0.05) is 37.3 Å². The SMILES string of the molecule is CCc1ccnc(N2CCN(C(=O)c3cc4cc(OCc5ccccc5)ccc4[nH]3)CC2)c1N. The van der Waals surface area contributed by atoms with E-state index in [4.69, 9.17) is 10.5 Å². The Bertz CT molecular complexity index is 1290. The lowest BCUT2D eigenvalue weighted by molar-refractivity contribution is 0.0741. The molecule has 0 radical (unpaired) electrons. The number of nitrogen functional groups attached to an aromatic ring is 1. The summed E-state index contributed by atoms with van der Waals surface area (Å²) in [5.74, 6) is 1.60. The zero-order chi connectivity index (χ0) is 23.5. The van der Waals surface area contributed by atoms with E-state index in [1.165, 1.54) is 0 Å². The molecule has 7 heteroatoms. The molecule has 2 aromatic heterocycles. The van der Waals surface area contributed by atoms with E-state index >= 15 is 0 Å². The summed E-state index contributed by atoms with van der Waals surface area (Å²) < 4.78 is 5.94. The molecule has 34 heavy (non-hydrogen) atoms. The highest BCUT2D eigenvalue weighted by Gasteiger charge is 2.25. The molecule has 5 rings (SSSR count). The molecule has 0 bridgehead atoms. The molecular formula is C27H29N5O2. The van der Waals surface area contributed by atoms with Gasteiger partial charge in [-0.15, -0.1) is 0 Å². The number of pyridine rings is 1. The van der Waals surface area contributed by atoms with Gasteiger partial charge in [-0.3, -0.25) is 4.79 Å². The van der Waals surface area contributed by atoms with E-state index in [1.807, 2.05) is 71.8 Å². The molecule has 174 valence electrons. The monoisotopic (exact) mass is 455 g/mol. The number of amides is 1. The first kappa shape index (κ1) is 21.8. The highest BCUT2D eigenvalue weighted by Crippen LogP contribution is 2.26. The van der Waals surface area contributed by atoms with Crippen molar-refractivity contribution in [3.63, 3.8) is 0 Å². The molecule has 4 aromatic rings. The number of nitrogens with two attached hydrogens (primary N) is 1. The molecular weight excluding hydrogens is 426 g/mol. The second-order valence-corrected chi connectivity index (χ2v) is 8.55. The quantitative estimate of drug-likeness (QED) is 0.454. The van der Waals surface area contributed by atoms with Crippen LogP contribution in [0.2, 0.25) is 0 Å². The second-order valence-electron chi connectivity index (χ2n) is 8.55. The van der Waals surface area contributed by atoms with Crippen molar-refractivity contribution in [1.29, 1.82) is 0 Å². The maximum absolute atomic E-state index is 13.2. The van der Waals surface area contributed by atoms with Crippen LogP contribution < -0.4 is 15.4 Å². The number of benzene rings is 2. The lowest BCUT2D eigenvalue weighted by atomic mass is 10.1. The van der Waals surface area contributed by atoms with Crippen LogP contribution in [0, 0.1) is 0 Å². The van der Waals surface area contributed by atoms with E-state index in [0.29, 0.717) is 38.5 Å². The Morgan fingerprint density at radius 3 is 2.62 bits per heavy atom. The first-order chi connectivity index (χ1) is 16.6. The fourth-order valence-corrected chi connectivity index (χ4v) is 4.41. The Hall–Kier alpha value is -4.00. The number of piperazine rings is 1. The predicted molar refractivity (Wildman–Crippen MR) is 135 cm³/mol. The molecule has 3 N–H and O–H groups in total. The van der Waals surface area contributed by atoms with E-state index in [2.05, 4.69) is 21.8 Å². The minimum atomic E-state index is 0.00541. The Kier molecular flexibility index (Phi) is 6.08. The van der Waals surface area contributed by atoms with Gasteiger partial charge in [0.25, 0.3) is 5.91 Å². The number of carbonyl (C=O) groups excluding carboxylic acids is 1. The third-order valence-electron chi connectivity index (χ3n) is 6.38. The summed E-state index contributed by atoms with van der Waals surface area (Å²) in [6.45, 7) is 5.24. The van der Waals surface area contributed by atoms with Gasteiger partial charge >= 0.3 is 0 Å². The van der Waals surface area contributed by atoms with Gasteiger partial charge in [0.2, 0.25) is 0 Å². The summed E-state index contributed by atoms with van der Waals surface area (Å²) in [4.78, 5) is 25.0.